The van der Waals surface area contributed by atoms with E-state index in [4.69, 9.17) is 4.43 Å². The van der Waals surface area contributed by atoms with E-state index >= 15 is 0 Å². The number of Topliss-reactive ketones (excluding diaryl/α,β-unsaturated/α-hetero) is 1. The molecular formula is C19H28O2Si. The minimum atomic E-state index is -1.89. The maximum Gasteiger partial charge on any atom is 0.192 e. The molecule has 0 N–H and O–H groups in total. The maximum atomic E-state index is 12.4. The second-order valence-electron chi connectivity index (χ2n) is 7.91. The zero-order valence-electron chi connectivity index (χ0n) is 14.6. The van der Waals surface area contributed by atoms with Gasteiger partial charge in [-0.05, 0) is 35.7 Å². The van der Waals surface area contributed by atoms with Crippen LogP contribution in [0.3, 0.4) is 0 Å². The van der Waals surface area contributed by atoms with Gasteiger partial charge < -0.3 is 4.43 Å². The van der Waals surface area contributed by atoms with E-state index in [-0.39, 0.29) is 22.8 Å². The van der Waals surface area contributed by atoms with Crippen LogP contribution in [0.15, 0.2) is 35.9 Å². The van der Waals surface area contributed by atoms with Gasteiger partial charge in [-0.1, -0.05) is 58.0 Å². The summed E-state index contributed by atoms with van der Waals surface area (Å²) in [5.41, 5.74) is 1.92. The van der Waals surface area contributed by atoms with Gasteiger partial charge in [-0.15, -0.1) is 0 Å². The Labute approximate surface area is 135 Å². The van der Waals surface area contributed by atoms with Gasteiger partial charge in [0.15, 0.2) is 14.1 Å². The van der Waals surface area contributed by atoms with Crippen molar-refractivity contribution in [3.05, 3.63) is 41.5 Å². The Morgan fingerprint density at radius 3 is 2.32 bits per heavy atom. The van der Waals surface area contributed by atoms with Crippen LogP contribution in [0.2, 0.25) is 18.1 Å². The number of hydrogen-bond donors (Lipinski definition) is 0. The molecule has 0 heterocycles. The van der Waals surface area contributed by atoms with Crippen molar-refractivity contribution in [3.63, 3.8) is 0 Å². The molecule has 0 bridgehead atoms. The molecular weight excluding hydrogens is 288 g/mol. The van der Waals surface area contributed by atoms with Crippen LogP contribution in [0.5, 0.6) is 0 Å². The van der Waals surface area contributed by atoms with Gasteiger partial charge in [-0.25, -0.2) is 0 Å². The van der Waals surface area contributed by atoms with Gasteiger partial charge in [0.2, 0.25) is 0 Å². The quantitative estimate of drug-likeness (QED) is 0.575. The molecule has 0 radical (unpaired) electrons. The first-order valence-electron chi connectivity index (χ1n) is 8.09. The Balaban J connectivity index is 2.32. The number of benzene rings is 1. The van der Waals surface area contributed by atoms with E-state index in [2.05, 4.69) is 40.8 Å². The Morgan fingerprint density at radius 1 is 1.18 bits per heavy atom. The minimum absolute atomic E-state index is 0.0615. The summed E-state index contributed by atoms with van der Waals surface area (Å²) in [7, 11) is -1.89. The highest BCUT2D eigenvalue weighted by Crippen LogP contribution is 2.41. The lowest BCUT2D eigenvalue weighted by Crippen LogP contribution is -2.45. The summed E-state index contributed by atoms with van der Waals surface area (Å²) in [5, 5.41) is 0.149. The molecule has 0 aliphatic heterocycles. The first-order valence-corrected chi connectivity index (χ1v) is 11.0. The first kappa shape index (κ1) is 17.2. The molecule has 1 saturated carbocycles. The minimum Gasteiger partial charge on any atom is -0.410 e. The normalized spacial score (nSPS) is 25.0. The van der Waals surface area contributed by atoms with E-state index in [0.717, 1.165) is 11.1 Å². The van der Waals surface area contributed by atoms with Gasteiger partial charge in [0.05, 0.1) is 6.10 Å². The lowest BCUT2D eigenvalue weighted by molar-refractivity contribution is -0.114. The van der Waals surface area contributed by atoms with Crippen LogP contribution in [-0.4, -0.2) is 20.2 Å². The van der Waals surface area contributed by atoms with Crippen molar-refractivity contribution in [3.8, 4) is 0 Å². The van der Waals surface area contributed by atoms with E-state index < -0.39 is 8.32 Å². The third kappa shape index (κ3) is 3.58. The van der Waals surface area contributed by atoms with Gasteiger partial charge in [0, 0.05) is 12.0 Å². The summed E-state index contributed by atoms with van der Waals surface area (Å²) in [6, 6.07) is 10.1. The predicted octanol–water partition coefficient (Wildman–Crippen LogP) is 5.07. The zero-order chi connectivity index (χ0) is 16.5. The lowest BCUT2D eigenvalue weighted by Gasteiger charge is -2.39. The highest BCUT2D eigenvalue weighted by molar-refractivity contribution is 6.74. The zero-order valence-corrected chi connectivity index (χ0v) is 15.6. The number of rotatable bonds is 3. The third-order valence-electron chi connectivity index (χ3n) is 5.00. The summed E-state index contributed by atoms with van der Waals surface area (Å²) < 4.78 is 6.58. The monoisotopic (exact) mass is 316 g/mol. The molecule has 1 aliphatic rings. The molecule has 1 fully saturated rings. The second-order valence-corrected chi connectivity index (χ2v) is 12.7. The molecule has 2 rings (SSSR count). The third-order valence-corrected chi connectivity index (χ3v) is 9.46. The smallest absolute Gasteiger partial charge is 0.192 e. The maximum absolute atomic E-state index is 12.4. The molecule has 1 aromatic carbocycles. The standard InChI is InChI=1S/C19H28O2Si/c1-14-12-17(20)16(13-15-10-8-7-9-11-15)18(14)21-22(5,6)19(2,3)4/h7-11,13-14,18H,12H2,1-6H3/b16-13+. The van der Waals surface area contributed by atoms with E-state index in [1.54, 1.807) is 0 Å². The van der Waals surface area contributed by atoms with Crippen molar-refractivity contribution in [1.82, 2.24) is 0 Å². The van der Waals surface area contributed by atoms with Crippen LogP contribution in [0.1, 0.15) is 39.7 Å². The Bertz CT molecular complexity index is 567. The first-order chi connectivity index (χ1) is 10.1. The van der Waals surface area contributed by atoms with Crippen molar-refractivity contribution < 1.29 is 9.22 Å². The van der Waals surface area contributed by atoms with Crippen LogP contribution < -0.4 is 0 Å². The van der Waals surface area contributed by atoms with Crippen molar-refractivity contribution in [2.24, 2.45) is 5.92 Å². The molecule has 1 aromatic rings. The highest BCUT2D eigenvalue weighted by atomic mass is 28.4. The number of ketones is 1. The number of carbonyl (C=O) groups is 1. The highest BCUT2D eigenvalue weighted by Gasteiger charge is 2.44. The summed E-state index contributed by atoms with van der Waals surface area (Å²) in [4.78, 5) is 12.4. The Morgan fingerprint density at radius 2 is 1.77 bits per heavy atom. The van der Waals surface area contributed by atoms with Crippen molar-refractivity contribution in [2.75, 3.05) is 0 Å². The van der Waals surface area contributed by atoms with Gasteiger partial charge in [0.25, 0.3) is 0 Å². The average Bonchev–Trinajstić information content (AvgIpc) is 2.65. The fourth-order valence-corrected chi connectivity index (χ4v) is 3.90. The van der Waals surface area contributed by atoms with Crippen molar-refractivity contribution >= 4 is 20.2 Å². The Hall–Kier alpha value is -1.19. The fraction of sp³-hybridized carbons (Fsp3) is 0.526. The number of hydrogen-bond acceptors (Lipinski definition) is 2. The van der Waals surface area contributed by atoms with Gasteiger partial charge in [-0.3, -0.25) is 4.79 Å². The van der Waals surface area contributed by atoms with E-state index in [1.807, 2.05) is 36.4 Å². The second kappa shape index (κ2) is 6.13. The molecule has 2 unspecified atom stereocenters. The molecule has 3 heteroatoms. The van der Waals surface area contributed by atoms with Crippen molar-refractivity contribution in [1.29, 1.82) is 0 Å². The molecule has 0 amide bonds. The molecule has 2 atom stereocenters. The summed E-state index contributed by atoms with van der Waals surface area (Å²) >= 11 is 0. The van der Waals surface area contributed by atoms with Crippen molar-refractivity contribution in [2.45, 2.75) is 58.4 Å². The van der Waals surface area contributed by atoms with E-state index in [9.17, 15) is 4.79 Å². The molecule has 0 saturated heterocycles. The summed E-state index contributed by atoms with van der Waals surface area (Å²) in [6.07, 6.45) is 2.55. The van der Waals surface area contributed by atoms with Gasteiger partial charge in [0.1, 0.15) is 0 Å². The average molecular weight is 317 g/mol. The molecule has 22 heavy (non-hydrogen) atoms. The van der Waals surface area contributed by atoms with Crippen LogP contribution in [0.25, 0.3) is 6.08 Å². The van der Waals surface area contributed by atoms with Gasteiger partial charge >= 0.3 is 0 Å². The van der Waals surface area contributed by atoms with Gasteiger partial charge in [-0.2, -0.15) is 0 Å². The summed E-state index contributed by atoms with van der Waals surface area (Å²) in [6.45, 7) is 13.3. The topological polar surface area (TPSA) is 26.3 Å². The largest absolute Gasteiger partial charge is 0.410 e. The molecule has 1 aliphatic carbocycles. The summed E-state index contributed by atoms with van der Waals surface area (Å²) in [5.74, 6) is 0.497. The van der Waals surface area contributed by atoms with Crippen LogP contribution in [0, 0.1) is 5.92 Å². The predicted molar refractivity (Wildman–Crippen MR) is 95.3 cm³/mol. The van der Waals surface area contributed by atoms with E-state index in [1.165, 1.54) is 0 Å². The molecule has 0 aromatic heterocycles. The molecule has 120 valence electrons. The SMILES string of the molecule is CC1CC(=O)/C(=C\c2ccccc2)C1O[Si](C)(C)C(C)(C)C. The fourth-order valence-electron chi connectivity index (χ4n) is 2.55. The lowest BCUT2D eigenvalue weighted by atomic mass is 10.0. The van der Waals surface area contributed by atoms with E-state index in [0.29, 0.717) is 6.42 Å². The van der Waals surface area contributed by atoms with Crippen LogP contribution in [-0.2, 0) is 9.22 Å². The van der Waals surface area contributed by atoms with Crippen LogP contribution in [0.4, 0.5) is 0 Å². The van der Waals surface area contributed by atoms with Crippen LogP contribution >= 0.6 is 0 Å². The number of carbonyl (C=O) groups excluding carboxylic acids is 1. The Kier molecular flexibility index (Phi) is 4.78. The molecule has 0 spiro atoms. The molecule has 2 nitrogen and oxygen atoms in total.